The Morgan fingerprint density at radius 3 is 2.08 bits per heavy atom. The summed E-state index contributed by atoms with van der Waals surface area (Å²) < 4.78 is 11.4. The maximum absolute atomic E-state index is 6.72. The lowest BCUT2D eigenvalue weighted by Gasteiger charge is -2.11. The maximum atomic E-state index is 6.72. The van der Waals surface area contributed by atoms with E-state index in [0.29, 0.717) is 5.82 Å². The van der Waals surface area contributed by atoms with Crippen molar-refractivity contribution >= 4 is 96.9 Å². The third-order valence-corrected chi connectivity index (χ3v) is 11.9. The third kappa shape index (κ3) is 4.17. The van der Waals surface area contributed by atoms with Gasteiger partial charge in [-0.05, 0) is 70.1 Å². The highest BCUT2D eigenvalue weighted by Crippen LogP contribution is 2.44. The second kappa shape index (κ2) is 10.8. The minimum absolute atomic E-state index is 0.691. The summed E-state index contributed by atoms with van der Waals surface area (Å²) in [6.45, 7) is 0. The number of benzene rings is 8. The average Bonchev–Trinajstić information content (AvgIpc) is 3.88. The minimum atomic E-state index is 0.691. The summed E-state index contributed by atoms with van der Waals surface area (Å²) in [6, 6.07) is 58.3. The molecule has 0 saturated carbocycles. The highest BCUT2D eigenvalue weighted by Gasteiger charge is 2.21. The Morgan fingerprint density at radius 1 is 0.491 bits per heavy atom. The van der Waals surface area contributed by atoms with Crippen molar-refractivity contribution in [1.29, 1.82) is 0 Å². The van der Waals surface area contributed by atoms with Crippen LogP contribution in [0, 0.1) is 0 Å². The third-order valence-electron chi connectivity index (χ3n) is 10.8. The standard InChI is InChI=1S/C48H27N3OS/c1-2-12-28(13-3-1)45-47-46(35-19-9-11-21-43(35)53-47)50-48(49-45)37-27-42-44(34-18-7-6-16-32(34)37)38-26-31(22-23-41(38)52-42)51-39-20-10-8-17-33(39)36-24-29-14-4-5-15-30(29)25-40(36)51/h1-27H. The summed E-state index contributed by atoms with van der Waals surface area (Å²) in [5, 5.41) is 10.5. The van der Waals surface area contributed by atoms with E-state index in [1.54, 1.807) is 11.3 Å². The molecule has 0 amide bonds. The molecule has 5 heteroatoms. The maximum Gasteiger partial charge on any atom is 0.161 e. The van der Waals surface area contributed by atoms with Gasteiger partial charge in [0, 0.05) is 48.4 Å². The molecule has 53 heavy (non-hydrogen) atoms. The van der Waals surface area contributed by atoms with Gasteiger partial charge >= 0.3 is 0 Å². The molecular weight excluding hydrogens is 667 g/mol. The molecule has 0 radical (unpaired) electrons. The van der Waals surface area contributed by atoms with E-state index in [1.165, 1.54) is 37.3 Å². The largest absolute Gasteiger partial charge is 0.456 e. The molecule has 8 aromatic carbocycles. The van der Waals surface area contributed by atoms with Crippen molar-refractivity contribution in [2.75, 3.05) is 0 Å². The first-order valence-electron chi connectivity index (χ1n) is 17.8. The van der Waals surface area contributed by atoms with Crippen LogP contribution in [0.3, 0.4) is 0 Å². The van der Waals surface area contributed by atoms with Crippen LogP contribution in [0.15, 0.2) is 168 Å². The molecule has 4 nitrogen and oxygen atoms in total. The summed E-state index contributed by atoms with van der Waals surface area (Å²) in [7, 11) is 0. The van der Waals surface area contributed by atoms with Crippen LogP contribution >= 0.6 is 11.3 Å². The zero-order valence-electron chi connectivity index (χ0n) is 28.2. The van der Waals surface area contributed by atoms with Crippen molar-refractivity contribution in [2.45, 2.75) is 0 Å². The monoisotopic (exact) mass is 693 g/mol. The summed E-state index contributed by atoms with van der Waals surface area (Å²) in [5.74, 6) is 0.691. The van der Waals surface area contributed by atoms with Gasteiger partial charge in [0.2, 0.25) is 0 Å². The van der Waals surface area contributed by atoms with Crippen molar-refractivity contribution in [2.24, 2.45) is 0 Å². The van der Waals surface area contributed by atoms with Crippen LogP contribution in [-0.4, -0.2) is 14.5 Å². The number of hydrogen-bond acceptors (Lipinski definition) is 4. The molecule has 246 valence electrons. The number of para-hydroxylation sites is 1. The van der Waals surface area contributed by atoms with E-state index in [2.05, 4.69) is 162 Å². The topological polar surface area (TPSA) is 43.9 Å². The Hall–Kier alpha value is -6.82. The summed E-state index contributed by atoms with van der Waals surface area (Å²) in [4.78, 5) is 10.6. The highest BCUT2D eigenvalue weighted by atomic mass is 32.1. The molecule has 0 aliphatic heterocycles. The Labute approximate surface area is 306 Å². The van der Waals surface area contributed by atoms with Crippen LogP contribution in [0.1, 0.15) is 0 Å². The quantitative estimate of drug-likeness (QED) is 0.185. The van der Waals surface area contributed by atoms with Crippen molar-refractivity contribution in [3.63, 3.8) is 0 Å². The fourth-order valence-electron chi connectivity index (χ4n) is 8.39. The molecule has 4 heterocycles. The van der Waals surface area contributed by atoms with Gasteiger partial charge in [0.15, 0.2) is 5.82 Å². The molecule has 0 saturated heterocycles. The van der Waals surface area contributed by atoms with Crippen molar-refractivity contribution in [3.05, 3.63) is 164 Å². The number of rotatable bonds is 3. The molecule has 0 fully saturated rings. The van der Waals surface area contributed by atoms with Crippen LogP contribution < -0.4 is 0 Å². The number of furan rings is 1. The molecule has 0 atom stereocenters. The van der Waals surface area contributed by atoms with Gasteiger partial charge in [-0.1, -0.05) is 115 Å². The highest BCUT2D eigenvalue weighted by molar-refractivity contribution is 7.26. The van der Waals surface area contributed by atoms with Crippen molar-refractivity contribution < 1.29 is 4.42 Å². The molecule has 12 rings (SSSR count). The van der Waals surface area contributed by atoms with Gasteiger partial charge in [-0.3, -0.25) is 0 Å². The molecular formula is C48H27N3OS. The lowest BCUT2D eigenvalue weighted by molar-refractivity contribution is 0.669. The first kappa shape index (κ1) is 28.8. The van der Waals surface area contributed by atoms with E-state index >= 15 is 0 Å². The summed E-state index contributed by atoms with van der Waals surface area (Å²) in [5.41, 5.74) is 9.09. The number of hydrogen-bond donors (Lipinski definition) is 0. The number of thiophene rings is 1. The zero-order chi connectivity index (χ0) is 34.6. The number of aromatic nitrogens is 3. The van der Waals surface area contributed by atoms with E-state index in [-0.39, 0.29) is 0 Å². The summed E-state index contributed by atoms with van der Waals surface area (Å²) >= 11 is 1.75. The fraction of sp³-hybridized carbons (Fsp3) is 0. The van der Waals surface area contributed by atoms with Gasteiger partial charge in [0.05, 0.1) is 26.9 Å². The zero-order valence-corrected chi connectivity index (χ0v) is 29.1. The van der Waals surface area contributed by atoms with Crippen LogP contribution in [0.2, 0.25) is 0 Å². The lowest BCUT2D eigenvalue weighted by atomic mass is 9.98. The Kier molecular flexibility index (Phi) is 5.90. The van der Waals surface area contributed by atoms with E-state index < -0.39 is 0 Å². The lowest BCUT2D eigenvalue weighted by Crippen LogP contribution is -1.95. The molecule has 4 aromatic heterocycles. The smallest absolute Gasteiger partial charge is 0.161 e. The average molecular weight is 694 g/mol. The predicted octanol–water partition coefficient (Wildman–Crippen LogP) is 13.5. The molecule has 12 aromatic rings. The van der Waals surface area contributed by atoms with E-state index in [0.717, 1.165) is 70.8 Å². The Morgan fingerprint density at radius 2 is 1.21 bits per heavy atom. The van der Waals surface area contributed by atoms with Crippen LogP contribution in [-0.2, 0) is 0 Å². The van der Waals surface area contributed by atoms with E-state index in [1.807, 2.05) is 6.07 Å². The van der Waals surface area contributed by atoms with Crippen LogP contribution in [0.4, 0.5) is 0 Å². The predicted molar refractivity (Wildman–Crippen MR) is 222 cm³/mol. The normalized spacial score (nSPS) is 12.2. The molecule has 0 unspecified atom stereocenters. The molecule has 0 aliphatic carbocycles. The van der Waals surface area contributed by atoms with Crippen molar-refractivity contribution in [1.82, 2.24) is 14.5 Å². The SMILES string of the molecule is c1ccc(-c2nc(-c3cc4oc5ccc(-n6c7ccccc7c7cc8ccccc8cc76)cc5c4c4ccccc34)nc3c2sc2ccccc23)cc1. The second-order valence-electron chi connectivity index (χ2n) is 13.7. The van der Waals surface area contributed by atoms with E-state index in [4.69, 9.17) is 14.4 Å². The van der Waals surface area contributed by atoms with Crippen LogP contribution in [0.5, 0.6) is 0 Å². The minimum Gasteiger partial charge on any atom is -0.456 e. The molecule has 0 bridgehead atoms. The van der Waals surface area contributed by atoms with Gasteiger partial charge in [-0.25, -0.2) is 9.97 Å². The molecule has 0 N–H and O–H groups in total. The number of fused-ring (bicyclic) bond motifs is 12. The Bertz CT molecular complexity index is 3460. The second-order valence-corrected chi connectivity index (χ2v) is 14.8. The first-order chi connectivity index (χ1) is 26.3. The molecule has 0 spiro atoms. The van der Waals surface area contributed by atoms with Crippen LogP contribution in [0.25, 0.3) is 114 Å². The fourth-order valence-corrected chi connectivity index (χ4v) is 9.54. The van der Waals surface area contributed by atoms with E-state index in [9.17, 15) is 0 Å². The van der Waals surface area contributed by atoms with Gasteiger partial charge in [0.1, 0.15) is 11.2 Å². The van der Waals surface area contributed by atoms with Gasteiger partial charge in [-0.15, -0.1) is 11.3 Å². The van der Waals surface area contributed by atoms with Crippen molar-refractivity contribution in [3.8, 4) is 28.3 Å². The van der Waals surface area contributed by atoms with Gasteiger partial charge in [-0.2, -0.15) is 0 Å². The Balaban J connectivity index is 1.13. The molecule has 0 aliphatic rings. The van der Waals surface area contributed by atoms with Gasteiger partial charge in [0.25, 0.3) is 0 Å². The van der Waals surface area contributed by atoms with Gasteiger partial charge < -0.3 is 8.98 Å². The first-order valence-corrected chi connectivity index (χ1v) is 18.6. The summed E-state index contributed by atoms with van der Waals surface area (Å²) in [6.07, 6.45) is 0. The number of nitrogens with zero attached hydrogens (tertiary/aromatic N) is 3.